The van der Waals surface area contributed by atoms with Crippen molar-refractivity contribution in [1.82, 2.24) is 5.32 Å². The van der Waals surface area contributed by atoms with Crippen molar-refractivity contribution < 1.29 is 4.79 Å². The molecule has 0 atom stereocenters. The summed E-state index contributed by atoms with van der Waals surface area (Å²) in [6.07, 6.45) is 2.34. The number of thiocarbonyl (C=S) groups is 1. The molecule has 0 bridgehead atoms. The largest absolute Gasteiger partial charge is 0.366 e. The minimum absolute atomic E-state index is 0.440. The van der Waals surface area contributed by atoms with Gasteiger partial charge in [0.05, 0.1) is 0 Å². The number of benzene rings is 1. The van der Waals surface area contributed by atoms with Crippen LogP contribution in [0.4, 0.5) is 5.69 Å². The first kappa shape index (κ1) is 10.9. The fraction of sp³-hybridized carbons (Fsp3) is 0.273. The summed E-state index contributed by atoms with van der Waals surface area (Å²) < 4.78 is 0. The molecule has 1 aromatic rings. The smallest absolute Gasteiger partial charge is 0.248 e. The molecule has 1 aliphatic rings. The van der Waals surface area contributed by atoms with E-state index in [0.29, 0.717) is 16.7 Å². The first-order valence-electron chi connectivity index (χ1n) is 5.12. The summed E-state index contributed by atoms with van der Waals surface area (Å²) in [4.78, 5) is 11.0. The van der Waals surface area contributed by atoms with Crippen LogP contribution in [0.5, 0.6) is 0 Å². The summed E-state index contributed by atoms with van der Waals surface area (Å²) in [5.74, 6) is -0.440. The van der Waals surface area contributed by atoms with Gasteiger partial charge in [0.15, 0.2) is 5.11 Å². The van der Waals surface area contributed by atoms with Gasteiger partial charge < -0.3 is 16.4 Å². The van der Waals surface area contributed by atoms with E-state index in [4.69, 9.17) is 18.0 Å². The number of rotatable bonds is 3. The molecule has 16 heavy (non-hydrogen) atoms. The number of carbonyl (C=O) groups excluding carboxylic acids is 1. The van der Waals surface area contributed by atoms with E-state index < -0.39 is 5.91 Å². The number of nitrogens with two attached hydrogens (primary N) is 1. The van der Waals surface area contributed by atoms with E-state index in [9.17, 15) is 4.79 Å². The lowest BCUT2D eigenvalue weighted by molar-refractivity contribution is 0.100. The Morgan fingerprint density at radius 2 is 2.19 bits per heavy atom. The highest BCUT2D eigenvalue weighted by Gasteiger charge is 2.21. The van der Waals surface area contributed by atoms with Crippen LogP contribution in [-0.2, 0) is 0 Å². The van der Waals surface area contributed by atoms with Gasteiger partial charge in [-0.05, 0) is 43.3 Å². The number of primary amides is 1. The summed E-state index contributed by atoms with van der Waals surface area (Å²) in [5, 5.41) is 6.76. The van der Waals surface area contributed by atoms with Crippen LogP contribution in [0.15, 0.2) is 24.3 Å². The Morgan fingerprint density at radius 1 is 1.44 bits per heavy atom. The van der Waals surface area contributed by atoms with E-state index in [1.54, 1.807) is 18.2 Å². The van der Waals surface area contributed by atoms with Crippen LogP contribution in [0, 0.1) is 0 Å². The monoisotopic (exact) mass is 235 g/mol. The Bertz CT molecular complexity index is 429. The van der Waals surface area contributed by atoms with Gasteiger partial charge in [0.2, 0.25) is 5.91 Å². The molecule has 0 unspecified atom stereocenters. The molecule has 1 aromatic carbocycles. The third-order valence-electron chi connectivity index (χ3n) is 2.32. The van der Waals surface area contributed by atoms with E-state index >= 15 is 0 Å². The van der Waals surface area contributed by atoms with Gasteiger partial charge in [0, 0.05) is 17.3 Å². The van der Waals surface area contributed by atoms with Gasteiger partial charge in [-0.3, -0.25) is 4.79 Å². The molecule has 4 N–H and O–H groups in total. The molecular weight excluding hydrogens is 222 g/mol. The van der Waals surface area contributed by atoms with Crippen LogP contribution >= 0.6 is 12.2 Å². The molecule has 1 amide bonds. The zero-order valence-corrected chi connectivity index (χ0v) is 9.51. The van der Waals surface area contributed by atoms with Gasteiger partial charge in [0.1, 0.15) is 0 Å². The Hall–Kier alpha value is -1.62. The predicted octanol–water partition coefficient (Wildman–Crippen LogP) is 1.23. The van der Waals surface area contributed by atoms with Crippen molar-refractivity contribution in [2.75, 3.05) is 5.32 Å². The SMILES string of the molecule is NC(=O)c1cccc(NC(=S)NC2CC2)c1. The van der Waals surface area contributed by atoms with E-state index in [1.807, 2.05) is 6.07 Å². The standard InChI is InChI=1S/C11H13N3OS/c12-10(15)7-2-1-3-9(6-7)14-11(16)13-8-4-5-8/h1-3,6,8H,4-5H2,(H2,12,15)(H2,13,14,16). The molecule has 0 aromatic heterocycles. The van der Waals surface area contributed by atoms with Crippen molar-refractivity contribution >= 4 is 28.9 Å². The predicted molar refractivity (Wildman–Crippen MR) is 67.3 cm³/mol. The third kappa shape index (κ3) is 2.93. The van der Waals surface area contributed by atoms with E-state index in [-0.39, 0.29) is 0 Å². The molecule has 2 rings (SSSR count). The lowest BCUT2D eigenvalue weighted by Crippen LogP contribution is -2.30. The lowest BCUT2D eigenvalue weighted by atomic mass is 10.2. The molecule has 1 saturated carbocycles. The summed E-state index contributed by atoms with van der Waals surface area (Å²) in [7, 11) is 0. The van der Waals surface area contributed by atoms with Crippen molar-refractivity contribution in [3.63, 3.8) is 0 Å². The number of amides is 1. The molecule has 0 saturated heterocycles. The summed E-state index contributed by atoms with van der Waals surface area (Å²) in [5.41, 5.74) is 6.43. The van der Waals surface area contributed by atoms with Crippen molar-refractivity contribution in [2.45, 2.75) is 18.9 Å². The highest BCUT2D eigenvalue weighted by Crippen LogP contribution is 2.19. The van der Waals surface area contributed by atoms with Crippen molar-refractivity contribution in [3.05, 3.63) is 29.8 Å². The number of nitrogens with one attached hydrogen (secondary N) is 2. The average Bonchev–Trinajstić information content (AvgIpc) is 3.01. The molecular formula is C11H13N3OS. The van der Waals surface area contributed by atoms with Gasteiger partial charge in [-0.1, -0.05) is 6.07 Å². The van der Waals surface area contributed by atoms with Crippen molar-refractivity contribution in [2.24, 2.45) is 5.73 Å². The molecule has 1 aliphatic carbocycles. The van der Waals surface area contributed by atoms with Crippen LogP contribution in [-0.4, -0.2) is 17.1 Å². The third-order valence-corrected chi connectivity index (χ3v) is 2.54. The number of hydrogen-bond acceptors (Lipinski definition) is 2. The van der Waals surface area contributed by atoms with Crippen LogP contribution in [0.2, 0.25) is 0 Å². The van der Waals surface area contributed by atoms with Gasteiger partial charge in [-0.2, -0.15) is 0 Å². The second-order valence-electron chi connectivity index (χ2n) is 3.82. The van der Waals surface area contributed by atoms with Gasteiger partial charge >= 0.3 is 0 Å². The minimum atomic E-state index is -0.440. The lowest BCUT2D eigenvalue weighted by Gasteiger charge is -2.09. The molecule has 1 fully saturated rings. The van der Waals surface area contributed by atoms with Crippen LogP contribution in [0.25, 0.3) is 0 Å². The topological polar surface area (TPSA) is 67.2 Å². The zero-order valence-electron chi connectivity index (χ0n) is 8.69. The first-order chi connectivity index (χ1) is 7.65. The number of anilines is 1. The molecule has 0 heterocycles. The fourth-order valence-electron chi connectivity index (χ4n) is 1.33. The quantitative estimate of drug-likeness (QED) is 0.689. The Morgan fingerprint density at radius 3 is 2.81 bits per heavy atom. The first-order valence-corrected chi connectivity index (χ1v) is 5.53. The fourth-order valence-corrected chi connectivity index (χ4v) is 1.61. The molecule has 84 valence electrons. The van der Waals surface area contributed by atoms with Crippen molar-refractivity contribution in [3.8, 4) is 0 Å². The maximum Gasteiger partial charge on any atom is 0.248 e. The average molecular weight is 235 g/mol. The zero-order chi connectivity index (χ0) is 11.5. The molecule has 5 heteroatoms. The highest BCUT2D eigenvalue weighted by atomic mass is 32.1. The van der Waals surface area contributed by atoms with Gasteiger partial charge in [0.25, 0.3) is 0 Å². The summed E-state index contributed by atoms with van der Waals surface area (Å²) in [6, 6.07) is 7.48. The summed E-state index contributed by atoms with van der Waals surface area (Å²) in [6.45, 7) is 0. The van der Waals surface area contributed by atoms with Gasteiger partial charge in [-0.25, -0.2) is 0 Å². The van der Waals surface area contributed by atoms with E-state index in [0.717, 1.165) is 5.69 Å². The van der Waals surface area contributed by atoms with Crippen molar-refractivity contribution in [1.29, 1.82) is 0 Å². The molecule has 4 nitrogen and oxygen atoms in total. The number of carbonyl (C=O) groups is 1. The van der Waals surface area contributed by atoms with E-state index in [2.05, 4.69) is 10.6 Å². The van der Waals surface area contributed by atoms with Gasteiger partial charge in [-0.15, -0.1) is 0 Å². The Labute approximate surface area is 99.2 Å². The molecule has 0 aliphatic heterocycles. The second kappa shape index (κ2) is 4.49. The Balaban J connectivity index is 1.99. The minimum Gasteiger partial charge on any atom is -0.366 e. The van der Waals surface area contributed by atoms with Crippen LogP contribution in [0.1, 0.15) is 23.2 Å². The van der Waals surface area contributed by atoms with E-state index in [1.165, 1.54) is 12.8 Å². The maximum absolute atomic E-state index is 11.0. The normalized spacial score (nSPS) is 14.2. The second-order valence-corrected chi connectivity index (χ2v) is 4.23. The molecule has 0 radical (unpaired) electrons. The number of hydrogen-bond donors (Lipinski definition) is 3. The van der Waals surface area contributed by atoms with Crippen LogP contribution in [0.3, 0.4) is 0 Å². The summed E-state index contributed by atoms with van der Waals surface area (Å²) >= 11 is 5.12. The molecule has 0 spiro atoms. The van der Waals surface area contributed by atoms with Crippen LogP contribution < -0.4 is 16.4 Å². The highest BCUT2D eigenvalue weighted by molar-refractivity contribution is 7.80. The Kier molecular flexibility index (Phi) is 3.05. The maximum atomic E-state index is 11.0.